The van der Waals surface area contributed by atoms with Crippen LogP contribution in [-0.2, 0) is 16.1 Å². The Labute approximate surface area is 148 Å². The summed E-state index contributed by atoms with van der Waals surface area (Å²) in [6.45, 7) is 1.11. The number of hydrogen-bond acceptors (Lipinski definition) is 4. The zero-order valence-corrected chi connectivity index (χ0v) is 14.7. The van der Waals surface area contributed by atoms with Crippen molar-refractivity contribution in [1.82, 2.24) is 15.1 Å². The van der Waals surface area contributed by atoms with Crippen molar-refractivity contribution >= 4 is 21.8 Å². The van der Waals surface area contributed by atoms with Crippen LogP contribution in [0.25, 0.3) is 11.3 Å². The van der Waals surface area contributed by atoms with E-state index in [1.807, 2.05) is 24.3 Å². The molecule has 0 spiro atoms. The van der Waals surface area contributed by atoms with Gasteiger partial charge in [-0.25, -0.2) is 4.68 Å². The van der Waals surface area contributed by atoms with E-state index >= 15 is 0 Å². The molecule has 6 nitrogen and oxygen atoms in total. The highest BCUT2D eigenvalue weighted by molar-refractivity contribution is 9.10. The summed E-state index contributed by atoms with van der Waals surface area (Å²) in [4.78, 5) is 24.0. The first-order valence-corrected chi connectivity index (χ1v) is 8.63. The number of nitrogens with one attached hydrogen (secondary N) is 1. The lowest BCUT2D eigenvalue weighted by atomic mass is 10.1. The Balaban J connectivity index is 1.69. The maximum atomic E-state index is 12.0. The molecule has 2 aromatic rings. The van der Waals surface area contributed by atoms with Gasteiger partial charge in [-0.05, 0) is 31.0 Å². The molecule has 2 heterocycles. The molecule has 24 heavy (non-hydrogen) atoms. The fourth-order valence-corrected chi connectivity index (χ4v) is 2.99. The van der Waals surface area contributed by atoms with E-state index < -0.39 is 0 Å². The maximum absolute atomic E-state index is 12.0. The largest absolute Gasteiger partial charge is 0.376 e. The van der Waals surface area contributed by atoms with Crippen molar-refractivity contribution in [2.75, 3.05) is 13.2 Å². The van der Waals surface area contributed by atoms with Crippen LogP contribution < -0.4 is 10.9 Å². The fraction of sp³-hybridized carbons (Fsp3) is 0.353. The predicted molar refractivity (Wildman–Crippen MR) is 93.6 cm³/mol. The van der Waals surface area contributed by atoms with Crippen LogP contribution in [-0.4, -0.2) is 34.9 Å². The van der Waals surface area contributed by atoms with Crippen LogP contribution in [0.4, 0.5) is 0 Å². The SMILES string of the molecule is O=C(Cn1nc(-c2cccc(Br)c2)ccc1=O)NC[C@H]1CCCO1. The van der Waals surface area contributed by atoms with E-state index in [9.17, 15) is 9.59 Å². The van der Waals surface area contributed by atoms with Crippen molar-refractivity contribution in [2.24, 2.45) is 0 Å². The van der Waals surface area contributed by atoms with Crippen molar-refractivity contribution in [3.63, 3.8) is 0 Å². The lowest BCUT2D eigenvalue weighted by molar-refractivity contribution is -0.122. The van der Waals surface area contributed by atoms with Crippen molar-refractivity contribution in [2.45, 2.75) is 25.5 Å². The van der Waals surface area contributed by atoms with Gasteiger partial charge in [-0.1, -0.05) is 28.1 Å². The zero-order valence-electron chi connectivity index (χ0n) is 13.1. The van der Waals surface area contributed by atoms with Crippen molar-refractivity contribution in [1.29, 1.82) is 0 Å². The monoisotopic (exact) mass is 391 g/mol. The summed E-state index contributed by atoms with van der Waals surface area (Å²) in [5.74, 6) is -0.244. The van der Waals surface area contributed by atoms with Crippen LogP contribution in [0.5, 0.6) is 0 Å². The molecule has 0 aliphatic carbocycles. The van der Waals surface area contributed by atoms with Gasteiger partial charge in [0, 0.05) is 29.3 Å². The van der Waals surface area contributed by atoms with E-state index in [4.69, 9.17) is 4.74 Å². The number of carbonyl (C=O) groups excluding carboxylic acids is 1. The van der Waals surface area contributed by atoms with Crippen LogP contribution in [0.15, 0.2) is 45.7 Å². The molecule has 1 fully saturated rings. The average molecular weight is 392 g/mol. The number of carbonyl (C=O) groups is 1. The molecule has 0 unspecified atom stereocenters. The smallest absolute Gasteiger partial charge is 0.267 e. The number of aromatic nitrogens is 2. The third-order valence-electron chi connectivity index (χ3n) is 3.83. The molecule has 0 radical (unpaired) electrons. The molecule has 126 valence electrons. The van der Waals surface area contributed by atoms with Gasteiger partial charge in [0.05, 0.1) is 11.8 Å². The van der Waals surface area contributed by atoms with E-state index in [1.165, 1.54) is 10.7 Å². The second-order valence-corrected chi connectivity index (χ2v) is 6.58. The van der Waals surface area contributed by atoms with E-state index in [0.29, 0.717) is 12.2 Å². The molecule has 1 aromatic heterocycles. The zero-order chi connectivity index (χ0) is 16.9. The molecule has 1 aliphatic rings. The Morgan fingerprint density at radius 1 is 1.38 bits per heavy atom. The molecular formula is C17H18BrN3O3. The first kappa shape index (κ1) is 16.9. The number of halogens is 1. The fourth-order valence-electron chi connectivity index (χ4n) is 2.59. The van der Waals surface area contributed by atoms with E-state index in [2.05, 4.69) is 26.3 Å². The summed E-state index contributed by atoms with van der Waals surface area (Å²) in [6, 6.07) is 10.7. The average Bonchev–Trinajstić information content (AvgIpc) is 3.08. The molecular weight excluding hydrogens is 374 g/mol. The van der Waals surface area contributed by atoms with E-state index in [0.717, 1.165) is 29.5 Å². The van der Waals surface area contributed by atoms with Crippen LogP contribution in [0.1, 0.15) is 12.8 Å². The molecule has 0 bridgehead atoms. The quantitative estimate of drug-likeness (QED) is 0.845. The number of hydrogen-bond donors (Lipinski definition) is 1. The molecule has 1 N–H and O–H groups in total. The highest BCUT2D eigenvalue weighted by Crippen LogP contribution is 2.20. The molecule has 1 atom stereocenters. The van der Waals surface area contributed by atoms with Crippen molar-refractivity contribution in [3.8, 4) is 11.3 Å². The molecule has 1 aromatic carbocycles. The van der Waals surface area contributed by atoms with Gasteiger partial charge < -0.3 is 10.1 Å². The minimum Gasteiger partial charge on any atom is -0.376 e. The Morgan fingerprint density at radius 2 is 2.25 bits per heavy atom. The first-order chi connectivity index (χ1) is 11.6. The number of amides is 1. The summed E-state index contributed by atoms with van der Waals surface area (Å²) in [5, 5.41) is 7.09. The number of nitrogens with zero attached hydrogens (tertiary/aromatic N) is 2. The Morgan fingerprint density at radius 3 is 3.00 bits per heavy atom. The topological polar surface area (TPSA) is 73.2 Å². The molecule has 0 saturated carbocycles. The summed E-state index contributed by atoms with van der Waals surface area (Å²) in [5.41, 5.74) is 1.21. The van der Waals surface area contributed by atoms with E-state index in [-0.39, 0.29) is 24.1 Å². The molecule has 7 heteroatoms. The minimum absolute atomic E-state index is 0.0756. The van der Waals surface area contributed by atoms with Gasteiger partial charge in [-0.3, -0.25) is 9.59 Å². The third-order valence-corrected chi connectivity index (χ3v) is 4.32. The van der Waals surface area contributed by atoms with Gasteiger partial charge in [-0.15, -0.1) is 0 Å². The van der Waals surface area contributed by atoms with Crippen LogP contribution in [0.2, 0.25) is 0 Å². The van der Waals surface area contributed by atoms with Gasteiger partial charge in [-0.2, -0.15) is 5.10 Å². The van der Waals surface area contributed by atoms with Gasteiger partial charge in [0.1, 0.15) is 6.54 Å². The third kappa shape index (κ3) is 4.30. The second kappa shape index (κ2) is 7.72. The lowest BCUT2D eigenvalue weighted by Gasteiger charge is -2.11. The first-order valence-electron chi connectivity index (χ1n) is 7.84. The summed E-state index contributed by atoms with van der Waals surface area (Å²) in [6.07, 6.45) is 2.05. The highest BCUT2D eigenvalue weighted by Gasteiger charge is 2.16. The number of benzene rings is 1. The summed E-state index contributed by atoms with van der Waals surface area (Å²) in [7, 11) is 0. The maximum Gasteiger partial charge on any atom is 0.267 e. The molecule has 3 rings (SSSR count). The Bertz CT molecular complexity index is 785. The van der Waals surface area contributed by atoms with Crippen LogP contribution >= 0.6 is 15.9 Å². The minimum atomic E-state index is -0.305. The molecule has 1 amide bonds. The van der Waals surface area contributed by atoms with E-state index in [1.54, 1.807) is 6.07 Å². The lowest BCUT2D eigenvalue weighted by Crippen LogP contribution is -2.37. The van der Waals surface area contributed by atoms with Gasteiger partial charge in [0.2, 0.25) is 5.91 Å². The second-order valence-electron chi connectivity index (χ2n) is 5.66. The van der Waals surface area contributed by atoms with Gasteiger partial charge >= 0.3 is 0 Å². The standard InChI is InChI=1S/C17H18BrN3O3/c18-13-4-1-3-12(9-13)15-6-7-17(23)21(20-15)11-16(22)19-10-14-5-2-8-24-14/h1,3-4,6-7,9,14H,2,5,8,10-11H2,(H,19,22)/t14-/m1/s1. The Kier molecular flexibility index (Phi) is 5.42. The molecule has 1 saturated heterocycles. The summed E-state index contributed by atoms with van der Waals surface area (Å²) >= 11 is 3.41. The highest BCUT2D eigenvalue weighted by atomic mass is 79.9. The summed E-state index contributed by atoms with van der Waals surface area (Å²) < 4.78 is 7.57. The van der Waals surface area contributed by atoms with Crippen molar-refractivity contribution in [3.05, 3.63) is 51.2 Å². The van der Waals surface area contributed by atoms with Crippen LogP contribution in [0, 0.1) is 0 Å². The predicted octanol–water partition coefficient (Wildman–Crippen LogP) is 1.97. The Hall–Kier alpha value is -1.99. The normalized spacial score (nSPS) is 17.0. The van der Waals surface area contributed by atoms with Gasteiger partial charge in [0.25, 0.3) is 5.56 Å². The number of rotatable bonds is 5. The number of ether oxygens (including phenoxy) is 1. The molecule has 1 aliphatic heterocycles. The van der Waals surface area contributed by atoms with Gasteiger partial charge in [0.15, 0.2) is 0 Å². The van der Waals surface area contributed by atoms with Crippen molar-refractivity contribution < 1.29 is 9.53 Å². The van der Waals surface area contributed by atoms with Crippen LogP contribution in [0.3, 0.4) is 0 Å².